The Morgan fingerprint density at radius 1 is 1.73 bits per heavy atom. The van der Waals surface area contributed by atoms with E-state index < -0.39 is 0 Å². The summed E-state index contributed by atoms with van der Waals surface area (Å²) in [6.45, 7) is 2.12. The number of nitrogens with one attached hydrogen (secondary N) is 1. The standard InChI is InChI=1S/C11H19ClN2O/c1-3-8-6-10(12)9(4-5-15-2)11(13)14-7-8/h4-5,7,9-11,14H,3,6,13H2,1-2H3/b5-4+. The van der Waals surface area contributed by atoms with Crippen molar-refractivity contribution in [3.63, 3.8) is 0 Å². The Labute approximate surface area is 96.3 Å². The molecule has 0 spiro atoms. The summed E-state index contributed by atoms with van der Waals surface area (Å²) in [5, 5.41) is 3.18. The number of alkyl halides is 1. The van der Waals surface area contributed by atoms with Gasteiger partial charge in [-0.05, 0) is 25.1 Å². The van der Waals surface area contributed by atoms with E-state index in [9.17, 15) is 0 Å². The van der Waals surface area contributed by atoms with Crippen molar-refractivity contribution in [2.45, 2.75) is 31.3 Å². The molecule has 0 radical (unpaired) electrons. The minimum Gasteiger partial charge on any atom is -0.505 e. The Hall–Kier alpha value is -0.670. The van der Waals surface area contributed by atoms with Crippen LogP contribution in [0.2, 0.25) is 0 Å². The number of hydrogen-bond acceptors (Lipinski definition) is 3. The molecule has 1 rings (SSSR count). The van der Waals surface area contributed by atoms with Crippen molar-refractivity contribution in [2.75, 3.05) is 7.11 Å². The number of hydrogen-bond donors (Lipinski definition) is 2. The molecule has 1 heterocycles. The van der Waals surface area contributed by atoms with Gasteiger partial charge in [-0.3, -0.25) is 0 Å². The molecular formula is C11H19ClN2O. The van der Waals surface area contributed by atoms with Crippen LogP contribution in [-0.2, 0) is 4.74 Å². The highest BCUT2D eigenvalue weighted by atomic mass is 35.5. The number of methoxy groups -OCH3 is 1. The van der Waals surface area contributed by atoms with Gasteiger partial charge in [0.1, 0.15) is 0 Å². The summed E-state index contributed by atoms with van der Waals surface area (Å²) in [7, 11) is 1.62. The second kappa shape index (κ2) is 6.03. The van der Waals surface area contributed by atoms with Gasteiger partial charge in [0.2, 0.25) is 0 Å². The van der Waals surface area contributed by atoms with Gasteiger partial charge in [-0.25, -0.2) is 0 Å². The summed E-state index contributed by atoms with van der Waals surface area (Å²) in [5.41, 5.74) is 7.28. The van der Waals surface area contributed by atoms with E-state index in [0.717, 1.165) is 12.8 Å². The maximum Gasteiger partial charge on any atom is 0.0817 e. The number of nitrogens with two attached hydrogens (primary N) is 1. The molecule has 0 saturated carbocycles. The average Bonchev–Trinajstić information content (AvgIpc) is 2.36. The maximum atomic E-state index is 6.32. The van der Waals surface area contributed by atoms with Gasteiger partial charge in [-0.15, -0.1) is 11.6 Å². The van der Waals surface area contributed by atoms with Crippen LogP contribution < -0.4 is 11.1 Å². The predicted octanol–water partition coefficient (Wildman–Crippen LogP) is 1.94. The van der Waals surface area contributed by atoms with Crippen molar-refractivity contribution >= 4 is 11.6 Å². The SMILES string of the molecule is CCC1=CNC(N)C(/C=C/OC)C(Cl)C1. The van der Waals surface area contributed by atoms with E-state index in [1.54, 1.807) is 13.4 Å². The molecule has 3 N–H and O–H groups in total. The molecule has 1 aliphatic rings. The molecule has 0 amide bonds. The first-order chi connectivity index (χ1) is 7.19. The second-order valence-corrected chi connectivity index (χ2v) is 4.27. The summed E-state index contributed by atoms with van der Waals surface area (Å²) in [6, 6.07) is 0. The number of allylic oxidation sites excluding steroid dienone is 1. The molecule has 1 aliphatic heterocycles. The molecule has 3 nitrogen and oxygen atoms in total. The zero-order valence-electron chi connectivity index (χ0n) is 9.24. The molecule has 3 atom stereocenters. The Kier molecular flexibility index (Phi) is 4.99. The number of ether oxygens (including phenoxy) is 1. The lowest BCUT2D eigenvalue weighted by Crippen LogP contribution is -2.42. The van der Waals surface area contributed by atoms with Gasteiger partial charge in [-0.2, -0.15) is 0 Å². The fourth-order valence-electron chi connectivity index (χ4n) is 1.65. The molecule has 0 aliphatic carbocycles. The van der Waals surface area contributed by atoms with Gasteiger partial charge >= 0.3 is 0 Å². The Balaban J connectivity index is 2.70. The smallest absolute Gasteiger partial charge is 0.0817 e. The summed E-state index contributed by atoms with van der Waals surface area (Å²) in [6.07, 6.45) is 7.27. The normalized spacial score (nSPS) is 32.0. The molecule has 0 aromatic carbocycles. The fourth-order valence-corrected chi connectivity index (χ4v) is 2.09. The van der Waals surface area contributed by atoms with Gasteiger partial charge in [0.05, 0.1) is 19.5 Å². The highest BCUT2D eigenvalue weighted by Crippen LogP contribution is 2.25. The third-order valence-electron chi connectivity index (χ3n) is 2.66. The Bertz CT molecular complexity index is 253. The lowest BCUT2D eigenvalue weighted by atomic mass is 9.97. The van der Waals surface area contributed by atoms with Crippen LogP contribution in [0.25, 0.3) is 0 Å². The molecule has 0 bridgehead atoms. The highest BCUT2D eigenvalue weighted by molar-refractivity contribution is 6.21. The fraction of sp³-hybridized carbons (Fsp3) is 0.636. The Morgan fingerprint density at radius 2 is 2.47 bits per heavy atom. The van der Waals surface area contributed by atoms with Crippen LogP contribution in [0.5, 0.6) is 0 Å². The van der Waals surface area contributed by atoms with Crippen molar-refractivity contribution in [1.29, 1.82) is 0 Å². The first-order valence-electron chi connectivity index (χ1n) is 5.22. The van der Waals surface area contributed by atoms with Crippen molar-refractivity contribution in [3.8, 4) is 0 Å². The van der Waals surface area contributed by atoms with Crippen molar-refractivity contribution in [2.24, 2.45) is 11.7 Å². The third kappa shape index (κ3) is 3.43. The first kappa shape index (κ1) is 12.4. The topological polar surface area (TPSA) is 47.3 Å². The predicted molar refractivity (Wildman–Crippen MR) is 63.4 cm³/mol. The summed E-state index contributed by atoms with van der Waals surface area (Å²) in [5.74, 6) is 0.0897. The van der Waals surface area contributed by atoms with Crippen LogP contribution >= 0.6 is 11.6 Å². The molecule has 3 unspecified atom stereocenters. The highest BCUT2D eigenvalue weighted by Gasteiger charge is 2.26. The molecule has 0 fully saturated rings. The molecule has 0 saturated heterocycles. The minimum atomic E-state index is -0.150. The quantitative estimate of drug-likeness (QED) is 0.576. The van der Waals surface area contributed by atoms with Crippen LogP contribution in [0.1, 0.15) is 19.8 Å². The van der Waals surface area contributed by atoms with Crippen LogP contribution in [0.4, 0.5) is 0 Å². The lowest BCUT2D eigenvalue weighted by molar-refractivity contribution is 0.329. The van der Waals surface area contributed by atoms with Gasteiger partial charge < -0.3 is 15.8 Å². The molecule has 86 valence electrons. The zero-order chi connectivity index (χ0) is 11.3. The van der Waals surface area contributed by atoms with E-state index in [4.69, 9.17) is 22.1 Å². The van der Waals surface area contributed by atoms with Crippen LogP contribution in [0.3, 0.4) is 0 Å². The van der Waals surface area contributed by atoms with Crippen molar-refractivity contribution in [1.82, 2.24) is 5.32 Å². The number of halogens is 1. The van der Waals surface area contributed by atoms with E-state index in [-0.39, 0.29) is 17.5 Å². The molecule has 4 heteroatoms. The van der Waals surface area contributed by atoms with E-state index in [0.29, 0.717) is 0 Å². The van der Waals surface area contributed by atoms with Gasteiger partial charge in [-0.1, -0.05) is 12.5 Å². The van der Waals surface area contributed by atoms with Crippen molar-refractivity contribution < 1.29 is 4.74 Å². The zero-order valence-corrected chi connectivity index (χ0v) is 10.00. The van der Waals surface area contributed by atoms with Crippen molar-refractivity contribution in [3.05, 3.63) is 24.1 Å². The molecule has 0 aromatic heterocycles. The van der Waals surface area contributed by atoms with E-state index in [1.807, 2.05) is 12.3 Å². The second-order valence-electron chi connectivity index (χ2n) is 3.71. The summed E-state index contributed by atoms with van der Waals surface area (Å²) >= 11 is 6.32. The van der Waals surface area contributed by atoms with E-state index in [1.165, 1.54) is 5.57 Å². The molecule has 15 heavy (non-hydrogen) atoms. The number of rotatable bonds is 3. The van der Waals surface area contributed by atoms with Crippen LogP contribution in [0, 0.1) is 5.92 Å². The van der Waals surface area contributed by atoms with Crippen LogP contribution in [0.15, 0.2) is 24.1 Å². The summed E-state index contributed by atoms with van der Waals surface area (Å²) in [4.78, 5) is 0. The summed E-state index contributed by atoms with van der Waals surface area (Å²) < 4.78 is 4.90. The average molecular weight is 231 g/mol. The molecular weight excluding hydrogens is 212 g/mol. The molecule has 0 aromatic rings. The Morgan fingerprint density at radius 3 is 3.07 bits per heavy atom. The monoisotopic (exact) mass is 230 g/mol. The van der Waals surface area contributed by atoms with Gasteiger partial charge in [0, 0.05) is 11.3 Å². The lowest BCUT2D eigenvalue weighted by Gasteiger charge is -2.22. The van der Waals surface area contributed by atoms with Gasteiger partial charge in [0.15, 0.2) is 0 Å². The van der Waals surface area contributed by atoms with E-state index in [2.05, 4.69) is 12.2 Å². The van der Waals surface area contributed by atoms with Crippen LogP contribution in [-0.4, -0.2) is 18.7 Å². The third-order valence-corrected chi connectivity index (χ3v) is 3.11. The minimum absolute atomic E-state index is 0.0209. The largest absolute Gasteiger partial charge is 0.505 e. The first-order valence-corrected chi connectivity index (χ1v) is 5.65. The van der Waals surface area contributed by atoms with Gasteiger partial charge in [0.25, 0.3) is 0 Å². The maximum absolute atomic E-state index is 6.32. The van der Waals surface area contributed by atoms with E-state index >= 15 is 0 Å².